The minimum atomic E-state index is -0.543. The molecule has 2 heterocycles. The van der Waals surface area contributed by atoms with Crippen LogP contribution < -0.4 is 10.6 Å². The lowest BCUT2D eigenvalue weighted by atomic mass is 10.0. The molecule has 2 amide bonds. The van der Waals surface area contributed by atoms with Crippen molar-refractivity contribution in [3.05, 3.63) is 112 Å². The number of benzene rings is 3. The van der Waals surface area contributed by atoms with Crippen LogP contribution in [-0.2, 0) is 29.1 Å². The monoisotopic (exact) mass is 580 g/mol. The molecule has 2 N–H and O–H groups in total. The van der Waals surface area contributed by atoms with Crippen LogP contribution in [0.25, 0.3) is 0 Å². The first-order valence-electron chi connectivity index (χ1n) is 13.8. The van der Waals surface area contributed by atoms with Gasteiger partial charge in [-0.3, -0.25) is 14.5 Å². The number of carbonyl (C=O) groups is 2. The van der Waals surface area contributed by atoms with Crippen molar-refractivity contribution in [2.24, 2.45) is 0 Å². The zero-order valence-electron chi connectivity index (χ0n) is 22.9. The number of carbonyl (C=O) groups excluding carboxylic acids is 2. The number of anilines is 2. The molecule has 5 rings (SSSR count). The van der Waals surface area contributed by atoms with Gasteiger partial charge in [-0.1, -0.05) is 73.7 Å². The standard InChI is InChI=1S/C33H32N4O2S2/c1-2-10-30(38)35-25-15-9-16-26(19-25)40-31(24-13-7-4-8-14-24)32(39)36-33-28(20-34)27-17-18-37(22-29(27)41-33)21-23-11-5-3-6-12-23/h3-9,11-16,19,31H,2,10,17-18,21-22H2,1H3,(H,35,38)(H,36,39). The van der Waals surface area contributed by atoms with Gasteiger partial charge in [-0.05, 0) is 47.7 Å². The summed E-state index contributed by atoms with van der Waals surface area (Å²) < 4.78 is 0. The third-order valence-corrected chi connectivity index (χ3v) is 9.30. The maximum absolute atomic E-state index is 13.8. The van der Waals surface area contributed by atoms with Crippen LogP contribution >= 0.6 is 23.1 Å². The third-order valence-electron chi connectivity index (χ3n) is 6.92. The van der Waals surface area contributed by atoms with Crippen LogP contribution in [0.2, 0.25) is 0 Å². The van der Waals surface area contributed by atoms with Crippen LogP contribution in [0.1, 0.15) is 52.1 Å². The minimum absolute atomic E-state index is 0.0277. The maximum atomic E-state index is 13.8. The van der Waals surface area contributed by atoms with Gasteiger partial charge in [0.15, 0.2) is 0 Å². The van der Waals surface area contributed by atoms with Gasteiger partial charge in [0.25, 0.3) is 0 Å². The number of nitriles is 1. The number of thioether (sulfide) groups is 1. The summed E-state index contributed by atoms with van der Waals surface area (Å²) in [6, 6.07) is 30.0. The van der Waals surface area contributed by atoms with Crippen molar-refractivity contribution in [1.82, 2.24) is 4.90 Å². The normalized spacial score (nSPS) is 13.6. The third kappa shape index (κ3) is 7.25. The molecule has 41 heavy (non-hydrogen) atoms. The predicted octanol–water partition coefficient (Wildman–Crippen LogP) is 7.39. The molecule has 4 aromatic rings. The lowest BCUT2D eigenvalue weighted by Gasteiger charge is -2.26. The molecule has 0 aliphatic carbocycles. The molecule has 8 heteroatoms. The molecule has 6 nitrogen and oxygen atoms in total. The van der Waals surface area contributed by atoms with Crippen molar-refractivity contribution in [2.45, 2.75) is 49.4 Å². The fourth-order valence-corrected chi connectivity index (χ4v) is 7.28. The smallest absolute Gasteiger partial charge is 0.243 e. The fourth-order valence-electron chi connectivity index (χ4n) is 4.95. The highest BCUT2D eigenvalue weighted by Crippen LogP contribution is 2.40. The van der Waals surface area contributed by atoms with Crippen LogP contribution in [-0.4, -0.2) is 23.3 Å². The molecule has 0 radical (unpaired) electrons. The van der Waals surface area contributed by atoms with Crippen molar-refractivity contribution in [3.8, 4) is 6.07 Å². The van der Waals surface area contributed by atoms with E-state index in [-0.39, 0.29) is 11.8 Å². The Labute approximate surface area is 249 Å². The van der Waals surface area contributed by atoms with Gasteiger partial charge in [-0.15, -0.1) is 23.1 Å². The predicted molar refractivity (Wildman–Crippen MR) is 167 cm³/mol. The summed E-state index contributed by atoms with van der Waals surface area (Å²) in [6.07, 6.45) is 2.02. The number of nitrogens with zero attached hydrogens (tertiary/aromatic N) is 2. The molecule has 0 saturated carbocycles. The van der Waals surface area contributed by atoms with Crippen molar-refractivity contribution in [2.75, 3.05) is 17.2 Å². The van der Waals surface area contributed by atoms with Gasteiger partial charge in [0.1, 0.15) is 16.3 Å². The first-order chi connectivity index (χ1) is 20.0. The number of fused-ring (bicyclic) bond motifs is 1. The Morgan fingerprint density at radius 2 is 1.78 bits per heavy atom. The van der Waals surface area contributed by atoms with Gasteiger partial charge < -0.3 is 10.6 Å². The number of thiophene rings is 1. The molecular weight excluding hydrogens is 549 g/mol. The molecule has 0 bridgehead atoms. The highest BCUT2D eigenvalue weighted by atomic mass is 32.2. The average Bonchev–Trinajstić information content (AvgIpc) is 3.33. The molecule has 1 unspecified atom stereocenters. The lowest BCUT2D eigenvalue weighted by molar-refractivity contribution is -0.116. The van der Waals surface area contributed by atoms with E-state index in [2.05, 4.69) is 45.9 Å². The van der Waals surface area contributed by atoms with Gasteiger partial charge in [0.2, 0.25) is 11.8 Å². The molecule has 3 aromatic carbocycles. The van der Waals surface area contributed by atoms with E-state index in [1.165, 1.54) is 28.7 Å². The lowest BCUT2D eigenvalue weighted by Crippen LogP contribution is -2.29. The molecule has 1 aliphatic rings. The largest absolute Gasteiger partial charge is 0.326 e. The Morgan fingerprint density at radius 3 is 2.51 bits per heavy atom. The van der Waals surface area contributed by atoms with E-state index in [0.717, 1.165) is 53.4 Å². The Morgan fingerprint density at radius 1 is 1.02 bits per heavy atom. The summed E-state index contributed by atoms with van der Waals surface area (Å²) >= 11 is 2.93. The Kier molecular flexibility index (Phi) is 9.52. The van der Waals surface area contributed by atoms with Crippen molar-refractivity contribution >= 4 is 45.6 Å². The SMILES string of the molecule is CCCC(=O)Nc1cccc(SC(C(=O)Nc2sc3c(c2C#N)CCN(Cc2ccccc2)C3)c2ccccc2)c1. The summed E-state index contributed by atoms with van der Waals surface area (Å²) in [4.78, 5) is 30.3. The highest BCUT2D eigenvalue weighted by molar-refractivity contribution is 8.00. The molecule has 0 fully saturated rings. The zero-order chi connectivity index (χ0) is 28.6. The van der Waals surface area contributed by atoms with Crippen molar-refractivity contribution in [3.63, 3.8) is 0 Å². The quantitative estimate of drug-likeness (QED) is 0.191. The van der Waals surface area contributed by atoms with E-state index in [1.807, 2.05) is 67.6 Å². The molecule has 1 atom stereocenters. The second-order valence-electron chi connectivity index (χ2n) is 9.99. The van der Waals surface area contributed by atoms with Crippen LogP contribution in [0.4, 0.5) is 10.7 Å². The molecule has 1 aromatic heterocycles. The summed E-state index contributed by atoms with van der Waals surface area (Å²) in [7, 11) is 0. The van der Waals surface area contributed by atoms with Crippen LogP contribution in [0.5, 0.6) is 0 Å². The van der Waals surface area contributed by atoms with Crippen LogP contribution in [0.3, 0.4) is 0 Å². The Hall–Kier alpha value is -3.90. The first kappa shape index (κ1) is 28.6. The Balaban J connectivity index is 1.35. The number of amides is 2. The van der Waals surface area contributed by atoms with Gasteiger partial charge in [0, 0.05) is 41.5 Å². The number of hydrogen-bond acceptors (Lipinski definition) is 6. The summed E-state index contributed by atoms with van der Waals surface area (Å²) in [5.74, 6) is -0.210. The van der Waals surface area contributed by atoms with Gasteiger partial charge in [0.05, 0.1) is 5.56 Å². The van der Waals surface area contributed by atoms with E-state index in [9.17, 15) is 14.9 Å². The van der Waals surface area contributed by atoms with E-state index >= 15 is 0 Å². The molecule has 208 valence electrons. The molecular formula is C33H32N4O2S2. The maximum Gasteiger partial charge on any atom is 0.243 e. The highest BCUT2D eigenvalue weighted by Gasteiger charge is 2.28. The fraction of sp³-hybridized carbons (Fsp3) is 0.242. The summed E-state index contributed by atoms with van der Waals surface area (Å²) in [6.45, 7) is 4.45. The molecule has 0 spiro atoms. The van der Waals surface area contributed by atoms with Gasteiger partial charge in [-0.2, -0.15) is 5.26 Å². The van der Waals surface area contributed by atoms with E-state index < -0.39 is 5.25 Å². The second-order valence-corrected chi connectivity index (χ2v) is 12.3. The number of hydrogen-bond donors (Lipinski definition) is 2. The van der Waals surface area contributed by atoms with Crippen LogP contribution in [0, 0.1) is 11.3 Å². The summed E-state index contributed by atoms with van der Waals surface area (Å²) in [5, 5.41) is 16.2. The minimum Gasteiger partial charge on any atom is -0.326 e. The number of rotatable bonds is 10. The van der Waals surface area contributed by atoms with Gasteiger partial charge >= 0.3 is 0 Å². The molecule has 0 saturated heterocycles. The van der Waals surface area contributed by atoms with Crippen molar-refractivity contribution in [1.29, 1.82) is 5.26 Å². The first-order valence-corrected chi connectivity index (χ1v) is 15.5. The summed E-state index contributed by atoms with van der Waals surface area (Å²) in [5.41, 5.74) is 4.47. The molecule has 1 aliphatic heterocycles. The van der Waals surface area contributed by atoms with Gasteiger partial charge in [-0.25, -0.2) is 0 Å². The average molecular weight is 581 g/mol. The Bertz CT molecular complexity index is 1550. The topological polar surface area (TPSA) is 85.2 Å². The van der Waals surface area contributed by atoms with E-state index in [4.69, 9.17) is 0 Å². The second kappa shape index (κ2) is 13.6. The van der Waals surface area contributed by atoms with E-state index in [0.29, 0.717) is 22.7 Å². The number of nitrogens with one attached hydrogen (secondary N) is 2. The van der Waals surface area contributed by atoms with E-state index in [1.54, 1.807) is 0 Å². The van der Waals surface area contributed by atoms with Crippen molar-refractivity contribution < 1.29 is 9.59 Å². The zero-order valence-corrected chi connectivity index (χ0v) is 24.6. The van der Waals surface area contributed by atoms with Crippen LogP contribution in [0.15, 0.2) is 89.8 Å².